The zero-order chi connectivity index (χ0) is 33.2. The molecule has 2 saturated heterocycles. The summed E-state index contributed by atoms with van der Waals surface area (Å²) in [6.07, 6.45) is 3.88. The van der Waals surface area contributed by atoms with Gasteiger partial charge in [0.2, 0.25) is 5.91 Å². The standard InChI is InChI=1S/C33H46ClN3O8/c1-18-11-10-12-24(41-8)22-16-25(43-32(40)35-22)19(2)30-33(4,45-30)27(44-31(39)20(3)36(5)6)17-28(38)37(7)23-14-21(13-18)15-26(42-9)29(23)34/h10-12,14-15,19-20,22,24-25,27,30H,13,16-17H2,1-9H3,(H,35,40)/b12-10+,18-11+/t19-,20+,22?,24-,25?,27+,30+,33+/m1/s1. The molecule has 0 saturated carbocycles. The number of amides is 2. The molecule has 4 rings (SSSR count). The van der Waals surface area contributed by atoms with Crippen molar-refractivity contribution in [1.29, 1.82) is 0 Å². The Kier molecular flexibility index (Phi) is 10.9. The molecule has 1 N–H and O–H groups in total. The monoisotopic (exact) mass is 647 g/mol. The molecule has 0 aliphatic carbocycles. The Bertz CT molecular complexity index is 1350. The van der Waals surface area contributed by atoms with Gasteiger partial charge in [-0.2, -0.15) is 0 Å². The molecular formula is C33H46ClN3O8. The van der Waals surface area contributed by atoms with Gasteiger partial charge in [-0.15, -0.1) is 0 Å². The summed E-state index contributed by atoms with van der Waals surface area (Å²) in [4.78, 5) is 43.0. The van der Waals surface area contributed by atoms with Gasteiger partial charge in [-0.3, -0.25) is 14.5 Å². The minimum absolute atomic E-state index is 0.159. The van der Waals surface area contributed by atoms with Crippen molar-refractivity contribution in [2.75, 3.05) is 40.3 Å². The minimum Gasteiger partial charge on any atom is -0.495 e. The number of likely N-dealkylation sites (N-methyl/N-ethyl adjacent to an activating group) is 1. The number of halogens is 1. The highest BCUT2D eigenvalue weighted by Crippen LogP contribution is 2.48. The van der Waals surface area contributed by atoms with Crippen LogP contribution in [0.4, 0.5) is 10.5 Å². The molecule has 8 atom stereocenters. The number of benzene rings is 1. The fraction of sp³-hybridized carbons (Fsp3) is 0.606. The Morgan fingerprint density at radius 3 is 2.60 bits per heavy atom. The molecule has 2 fully saturated rings. The molecule has 45 heavy (non-hydrogen) atoms. The highest BCUT2D eigenvalue weighted by atomic mass is 35.5. The number of alkyl carbamates (subject to hydrolysis) is 1. The van der Waals surface area contributed by atoms with Crippen LogP contribution in [-0.2, 0) is 35.0 Å². The number of esters is 1. The number of nitrogens with one attached hydrogen (secondary N) is 1. The number of carbonyl (C=O) groups excluding carboxylic acids is 3. The first-order valence-corrected chi connectivity index (χ1v) is 15.6. The number of anilines is 1. The summed E-state index contributed by atoms with van der Waals surface area (Å²) < 4.78 is 29.3. The topological polar surface area (TPSA) is 119 Å². The second kappa shape index (κ2) is 14.1. The summed E-state index contributed by atoms with van der Waals surface area (Å²) in [6.45, 7) is 7.50. The fourth-order valence-corrected chi connectivity index (χ4v) is 6.32. The number of epoxide rings is 1. The van der Waals surface area contributed by atoms with Crippen molar-refractivity contribution in [3.8, 4) is 5.75 Å². The van der Waals surface area contributed by atoms with Crippen LogP contribution < -0.4 is 15.0 Å². The predicted molar refractivity (Wildman–Crippen MR) is 171 cm³/mol. The van der Waals surface area contributed by atoms with E-state index in [0.29, 0.717) is 29.3 Å². The average Bonchev–Trinajstić information content (AvgIpc) is 3.69. The molecule has 2 unspecified atom stereocenters. The maximum Gasteiger partial charge on any atom is 0.407 e. The van der Waals surface area contributed by atoms with Crippen molar-refractivity contribution in [2.45, 2.75) is 89.1 Å². The summed E-state index contributed by atoms with van der Waals surface area (Å²) in [5, 5.41) is 3.18. The van der Waals surface area contributed by atoms with Crippen LogP contribution in [0.1, 0.15) is 46.1 Å². The Labute approximate surface area is 270 Å². The predicted octanol–water partition coefficient (Wildman–Crippen LogP) is 4.30. The third kappa shape index (κ3) is 7.65. The maximum absolute atomic E-state index is 13.9. The maximum atomic E-state index is 13.9. The second-order valence-corrected chi connectivity index (χ2v) is 13.0. The van der Waals surface area contributed by atoms with Gasteiger partial charge in [0, 0.05) is 26.5 Å². The highest BCUT2D eigenvalue weighted by molar-refractivity contribution is 6.35. The van der Waals surface area contributed by atoms with Gasteiger partial charge in [0.15, 0.2) is 0 Å². The summed E-state index contributed by atoms with van der Waals surface area (Å²) >= 11 is 6.72. The van der Waals surface area contributed by atoms with Crippen LogP contribution in [0, 0.1) is 5.92 Å². The van der Waals surface area contributed by atoms with Crippen LogP contribution in [0.5, 0.6) is 5.75 Å². The molecule has 0 aromatic heterocycles. The first-order valence-electron chi connectivity index (χ1n) is 15.2. The van der Waals surface area contributed by atoms with E-state index in [-0.39, 0.29) is 24.3 Å². The van der Waals surface area contributed by atoms with Crippen LogP contribution >= 0.6 is 11.6 Å². The Hall–Kier alpha value is -3.12. The molecule has 3 aliphatic heterocycles. The number of methoxy groups -OCH3 is 2. The number of nitrogens with zero attached hydrogens (tertiary/aromatic N) is 2. The molecule has 0 spiro atoms. The van der Waals surface area contributed by atoms with Crippen LogP contribution in [0.3, 0.4) is 0 Å². The number of carbonyl (C=O) groups is 3. The SMILES string of the molecule is COc1cc2cc(c1Cl)N(C)C(=O)C[C@H](OC(=O)[C@H](C)N(C)C)[C@]1(C)O[C@H]1[C@H](C)C1CC(NC(=O)O1)[C@H](OC)/C=C/C=C(\C)C2. The summed E-state index contributed by atoms with van der Waals surface area (Å²) in [5.41, 5.74) is 1.40. The molecule has 12 heteroatoms. The first kappa shape index (κ1) is 34.7. The highest BCUT2D eigenvalue weighted by Gasteiger charge is 2.63. The van der Waals surface area contributed by atoms with Crippen LogP contribution in [-0.4, -0.2) is 100 Å². The summed E-state index contributed by atoms with van der Waals surface area (Å²) in [6, 6.07) is 2.82. The third-order valence-corrected chi connectivity index (χ3v) is 9.62. The zero-order valence-corrected chi connectivity index (χ0v) is 28.3. The second-order valence-electron chi connectivity index (χ2n) is 12.6. The van der Waals surface area contributed by atoms with Crippen molar-refractivity contribution in [1.82, 2.24) is 10.2 Å². The molecule has 3 heterocycles. The third-order valence-electron chi connectivity index (χ3n) is 9.24. The molecule has 1 aromatic carbocycles. The van der Waals surface area contributed by atoms with E-state index in [1.165, 1.54) is 12.0 Å². The van der Waals surface area contributed by atoms with E-state index in [0.717, 1.165) is 11.1 Å². The number of hydrogen-bond donors (Lipinski definition) is 1. The van der Waals surface area contributed by atoms with Gasteiger partial charge < -0.3 is 33.9 Å². The van der Waals surface area contributed by atoms with Crippen molar-refractivity contribution in [2.24, 2.45) is 5.92 Å². The van der Waals surface area contributed by atoms with Crippen molar-refractivity contribution in [3.05, 3.63) is 46.5 Å². The molecule has 0 radical (unpaired) electrons. The van der Waals surface area contributed by atoms with Gasteiger partial charge in [-0.25, -0.2) is 4.79 Å². The molecule has 2 amide bonds. The largest absolute Gasteiger partial charge is 0.495 e. The lowest BCUT2D eigenvalue weighted by atomic mass is 9.84. The Morgan fingerprint density at radius 1 is 1.24 bits per heavy atom. The Balaban J connectivity index is 1.77. The lowest BCUT2D eigenvalue weighted by Gasteiger charge is -2.36. The van der Waals surface area contributed by atoms with E-state index in [2.05, 4.69) is 5.32 Å². The van der Waals surface area contributed by atoms with E-state index in [1.807, 2.05) is 51.1 Å². The zero-order valence-electron chi connectivity index (χ0n) is 27.6. The lowest BCUT2D eigenvalue weighted by Crippen LogP contribution is -2.53. The fourth-order valence-electron chi connectivity index (χ4n) is 6.00. The van der Waals surface area contributed by atoms with Gasteiger partial charge in [0.1, 0.15) is 34.6 Å². The smallest absolute Gasteiger partial charge is 0.407 e. The minimum atomic E-state index is -1.00. The number of fused-ring (bicyclic) bond motifs is 5. The van der Waals surface area contributed by atoms with Gasteiger partial charge in [0.05, 0.1) is 37.5 Å². The van der Waals surface area contributed by atoms with Crippen molar-refractivity contribution < 1.29 is 38.1 Å². The van der Waals surface area contributed by atoms with Gasteiger partial charge in [-0.1, -0.05) is 42.3 Å². The molecule has 248 valence electrons. The lowest BCUT2D eigenvalue weighted by molar-refractivity contribution is -0.158. The normalized spacial score (nSPS) is 33.2. The van der Waals surface area contributed by atoms with Gasteiger partial charge in [0.25, 0.3) is 0 Å². The van der Waals surface area contributed by atoms with E-state index in [9.17, 15) is 14.4 Å². The van der Waals surface area contributed by atoms with Gasteiger partial charge >= 0.3 is 12.1 Å². The van der Waals surface area contributed by atoms with Crippen molar-refractivity contribution >= 4 is 35.3 Å². The molecule has 1 aromatic rings. The molecular weight excluding hydrogens is 602 g/mol. The number of ether oxygens (including phenoxy) is 5. The molecule has 3 aliphatic rings. The molecule has 4 bridgehead atoms. The number of allylic oxidation sites excluding steroid dienone is 3. The van der Waals surface area contributed by atoms with Crippen LogP contribution in [0.2, 0.25) is 5.02 Å². The van der Waals surface area contributed by atoms with E-state index >= 15 is 0 Å². The van der Waals surface area contributed by atoms with Crippen LogP contribution in [0.25, 0.3) is 0 Å². The van der Waals surface area contributed by atoms with E-state index in [1.54, 1.807) is 40.1 Å². The van der Waals surface area contributed by atoms with E-state index in [4.69, 9.17) is 35.3 Å². The Morgan fingerprint density at radius 2 is 1.96 bits per heavy atom. The summed E-state index contributed by atoms with van der Waals surface area (Å²) in [5.74, 6) is -0.632. The summed E-state index contributed by atoms with van der Waals surface area (Å²) in [7, 11) is 8.32. The van der Waals surface area contributed by atoms with E-state index < -0.39 is 48.1 Å². The number of hydrogen-bond acceptors (Lipinski definition) is 9. The van der Waals surface area contributed by atoms with Gasteiger partial charge in [-0.05, 0) is 59.0 Å². The first-order chi connectivity index (χ1) is 21.2. The van der Waals surface area contributed by atoms with Crippen molar-refractivity contribution in [3.63, 3.8) is 0 Å². The van der Waals surface area contributed by atoms with Crippen LogP contribution in [0.15, 0.2) is 35.9 Å². The average molecular weight is 648 g/mol. The quantitative estimate of drug-likeness (QED) is 0.369. The molecule has 11 nitrogen and oxygen atoms in total. The number of rotatable bonds is 5.